The van der Waals surface area contributed by atoms with Crippen LogP contribution in [0, 0.1) is 5.41 Å². The maximum Gasteiger partial charge on any atom is 0.0330 e. The minimum absolute atomic E-state index is 0.297. The maximum absolute atomic E-state index is 3.56. The molecule has 0 fully saturated rings. The third kappa shape index (κ3) is 6.55. The summed E-state index contributed by atoms with van der Waals surface area (Å²) < 4.78 is 0. The summed E-state index contributed by atoms with van der Waals surface area (Å²) in [6.07, 6.45) is 0. The van der Waals surface area contributed by atoms with Gasteiger partial charge in [0.15, 0.2) is 0 Å². The summed E-state index contributed by atoms with van der Waals surface area (Å²) >= 11 is 1.86. The molecule has 0 saturated heterocycles. The van der Waals surface area contributed by atoms with Crippen molar-refractivity contribution >= 4 is 11.3 Å². The second-order valence-electron chi connectivity index (χ2n) is 6.78. The van der Waals surface area contributed by atoms with Crippen LogP contribution in [0.15, 0.2) is 17.5 Å². The molecular weight excluding hydrogens is 252 g/mol. The lowest BCUT2D eigenvalue weighted by Gasteiger charge is -2.35. The number of rotatable bonds is 8. The molecule has 2 nitrogen and oxygen atoms in total. The van der Waals surface area contributed by atoms with Crippen LogP contribution in [-0.4, -0.2) is 30.1 Å². The highest BCUT2D eigenvalue weighted by Crippen LogP contribution is 2.21. The molecule has 3 heteroatoms. The quantitative estimate of drug-likeness (QED) is 0.776. The summed E-state index contributed by atoms with van der Waals surface area (Å²) in [7, 11) is 0. The first-order chi connectivity index (χ1) is 8.80. The van der Waals surface area contributed by atoms with Gasteiger partial charge in [0.2, 0.25) is 0 Å². The molecule has 1 heterocycles. The van der Waals surface area contributed by atoms with Gasteiger partial charge in [0.1, 0.15) is 0 Å². The van der Waals surface area contributed by atoms with E-state index in [-0.39, 0.29) is 0 Å². The predicted molar refractivity (Wildman–Crippen MR) is 86.8 cm³/mol. The molecule has 110 valence electrons. The molecule has 0 spiro atoms. The van der Waals surface area contributed by atoms with Gasteiger partial charge in [-0.3, -0.25) is 4.90 Å². The van der Waals surface area contributed by atoms with Crippen LogP contribution < -0.4 is 5.32 Å². The molecule has 0 saturated carbocycles. The first-order valence-electron chi connectivity index (χ1n) is 7.30. The van der Waals surface area contributed by atoms with Crippen molar-refractivity contribution in [1.82, 2.24) is 10.2 Å². The molecule has 0 atom stereocenters. The van der Waals surface area contributed by atoms with Crippen LogP contribution >= 0.6 is 11.3 Å². The zero-order valence-electron chi connectivity index (χ0n) is 13.4. The predicted octanol–water partition coefficient (Wildman–Crippen LogP) is 3.98. The average Bonchev–Trinajstić information content (AvgIpc) is 2.78. The van der Waals surface area contributed by atoms with Crippen LogP contribution in [0.4, 0.5) is 0 Å². The molecule has 0 aliphatic carbocycles. The fourth-order valence-electron chi connectivity index (χ4n) is 2.11. The summed E-state index contributed by atoms with van der Waals surface area (Å²) in [5, 5.41) is 5.73. The first-order valence-corrected chi connectivity index (χ1v) is 8.18. The molecule has 1 rings (SSSR count). The molecule has 0 unspecified atom stereocenters. The Bertz CT molecular complexity index is 342. The Morgan fingerprint density at radius 2 is 1.95 bits per heavy atom. The van der Waals surface area contributed by atoms with Crippen molar-refractivity contribution in [2.45, 2.75) is 60.2 Å². The van der Waals surface area contributed by atoms with Gasteiger partial charge in [-0.05, 0) is 30.7 Å². The third-order valence-corrected chi connectivity index (χ3v) is 4.15. The normalized spacial score (nSPS) is 12.9. The monoisotopic (exact) mass is 282 g/mol. The Balaban J connectivity index is 2.57. The zero-order chi connectivity index (χ0) is 14.5. The van der Waals surface area contributed by atoms with Gasteiger partial charge in [0, 0.05) is 36.6 Å². The van der Waals surface area contributed by atoms with Crippen LogP contribution in [0.1, 0.15) is 46.4 Å². The zero-order valence-corrected chi connectivity index (χ0v) is 14.2. The minimum atomic E-state index is 0.297. The maximum atomic E-state index is 3.56. The van der Waals surface area contributed by atoms with Gasteiger partial charge in [0.25, 0.3) is 0 Å². The van der Waals surface area contributed by atoms with Gasteiger partial charge in [-0.2, -0.15) is 0 Å². The largest absolute Gasteiger partial charge is 0.314 e. The van der Waals surface area contributed by atoms with Crippen LogP contribution in [0.25, 0.3) is 0 Å². The van der Waals surface area contributed by atoms with Crippen LogP contribution in [0.2, 0.25) is 0 Å². The number of thiophene rings is 1. The van der Waals surface area contributed by atoms with Crippen molar-refractivity contribution in [3.8, 4) is 0 Å². The van der Waals surface area contributed by atoms with E-state index >= 15 is 0 Å². The highest BCUT2D eigenvalue weighted by Gasteiger charge is 2.23. The number of nitrogens with zero attached hydrogens (tertiary/aromatic N) is 1. The SMILES string of the molecule is CC(C)NCC(C)(C)CN(Cc1cccs1)C(C)C. The molecule has 0 aliphatic heterocycles. The summed E-state index contributed by atoms with van der Waals surface area (Å²) in [6, 6.07) is 5.52. The summed E-state index contributed by atoms with van der Waals surface area (Å²) in [4.78, 5) is 4.04. The Morgan fingerprint density at radius 1 is 1.26 bits per heavy atom. The number of hydrogen-bond donors (Lipinski definition) is 1. The van der Waals surface area contributed by atoms with Crippen LogP contribution in [0.5, 0.6) is 0 Å². The molecule has 0 amide bonds. The van der Waals surface area contributed by atoms with E-state index in [1.807, 2.05) is 11.3 Å². The van der Waals surface area contributed by atoms with E-state index in [1.54, 1.807) is 0 Å². The fraction of sp³-hybridized carbons (Fsp3) is 0.750. The van der Waals surface area contributed by atoms with Crippen LogP contribution in [0.3, 0.4) is 0 Å². The summed E-state index contributed by atoms with van der Waals surface area (Å²) in [5.41, 5.74) is 0.297. The fourth-order valence-corrected chi connectivity index (χ4v) is 2.84. The van der Waals surface area contributed by atoms with E-state index in [4.69, 9.17) is 0 Å². The highest BCUT2D eigenvalue weighted by molar-refractivity contribution is 7.09. The number of nitrogens with one attached hydrogen (secondary N) is 1. The van der Waals surface area contributed by atoms with Crippen LogP contribution in [-0.2, 0) is 6.54 Å². The second-order valence-corrected chi connectivity index (χ2v) is 7.81. The van der Waals surface area contributed by atoms with Gasteiger partial charge in [-0.25, -0.2) is 0 Å². The van der Waals surface area contributed by atoms with Gasteiger partial charge < -0.3 is 5.32 Å². The van der Waals surface area contributed by atoms with E-state index in [1.165, 1.54) is 4.88 Å². The average molecular weight is 282 g/mol. The van der Waals surface area contributed by atoms with E-state index in [0.29, 0.717) is 17.5 Å². The molecule has 1 N–H and O–H groups in total. The van der Waals surface area contributed by atoms with Crippen molar-refractivity contribution in [3.05, 3.63) is 22.4 Å². The molecule has 0 aliphatic rings. The lowest BCUT2D eigenvalue weighted by atomic mass is 9.91. The van der Waals surface area contributed by atoms with E-state index in [2.05, 4.69) is 69.3 Å². The lowest BCUT2D eigenvalue weighted by Crippen LogP contribution is -2.44. The Hall–Kier alpha value is -0.380. The number of hydrogen-bond acceptors (Lipinski definition) is 3. The summed E-state index contributed by atoms with van der Waals surface area (Å²) in [6.45, 7) is 17.0. The van der Waals surface area contributed by atoms with Crippen molar-refractivity contribution in [1.29, 1.82) is 0 Å². The molecular formula is C16H30N2S. The van der Waals surface area contributed by atoms with Gasteiger partial charge in [-0.15, -0.1) is 11.3 Å². The van der Waals surface area contributed by atoms with Crippen molar-refractivity contribution in [2.75, 3.05) is 13.1 Å². The van der Waals surface area contributed by atoms with Gasteiger partial charge in [-0.1, -0.05) is 33.8 Å². The van der Waals surface area contributed by atoms with E-state index < -0.39 is 0 Å². The topological polar surface area (TPSA) is 15.3 Å². The van der Waals surface area contributed by atoms with E-state index in [9.17, 15) is 0 Å². The Kier molecular flexibility index (Phi) is 6.51. The Morgan fingerprint density at radius 3 is 2.42 bits per heavy atom. The molecule has 0 bridgehead atoms. The Labute approximate surface area is 123 Å². The first kappa shape index (κ1) is 16.7. The van der Waals surface area contributed by atoms with Crippen molar-refractivity contribution in [3.63, 3.8) is 0 Å². The smallest absolute Gasteiger partial charge is 0.0330 e. The molecule has 1 aromatic heterocycles. The minimum Gasteiger partial charge on any atom is -0.314 e. The second kappa shape index (κ2) is 7.41. The van der Waals surface area contributed by atoms with Crippen molar-refractivity contribution < 1.29 is 0 Å². The van der Waals surface area contributed by atoms with Gasteiger partial charge in [0.05, 0.1) is 0 Å². The molecule has 19 heavy (non-hydrogen) atoms. The standard InChI is InChI=1S/C16H30N2S/c1-13(2)17-11-16(5,6)12-18(14(3)4)10-15-8-7-9-19-15/h7-9,13-14,17H,10-12H2,1-6H3. The van der Waals surface area contributed by atoms with Crippen molar-refractivity contribution in [2.24, 2.45) is 5.41 Å². The molecule has 0 radical (unpaired) electrons. The molecule has 1 aromatic rings. The third-order valence-electron chi connectivity index (χ3n) is 3.29. The van der Waals surface area contributed by atoms with E-state index in [0.717, 1.165) is 19.6 Å². The van der Waals surface area contributed by atoms with Gasteiger partial charge >= 0.3 is 0 Å². The highest BCUT2D eigenvalue weighted by atomic mass is 32.1. The molecule has 0 aromatic carbocycles. The summed E-state index contributed by atoms with van der Waals surface area (Å²) in [5.74, 6) is 0. The lowest BCUT2D eigenvalue weighted by molar-refractivity contribution is 0.134.